The molecule has 0 aromatic carbocycles. The van der Waals surface area contributed by atoms with Crippen molar-refractivity contribution in [3.63, 3.8) is 0 Å². The van der Waals surface area contributed by atoms with Gasteiger partial charge in [-0.2, -0.15) is 11.8 Å². The molecule has 0 atom stereocenters. The van der Waals surface area contributed by atoms with E-state index in [9.17, 15) is 4.79 Å². The molecule has 0 saturated heterocycles. The van der Waals surface area contributed by atoms with Gasteiger partial charge in [0.15, 0.2) is 5.96 Å². The van der Waals surface area contributed by atoms with Crippen LogP contribution in [0.25, 0.3) is 0 Å². The van der Waals surface area contributed by atoms with Crippen molar-refractivity contribution in [1.82, 2.24) is 16.0 Å². The summed E-state index contributed by atoms with van der Waals surface area (Å²) < 4.78 is 0. The van der Waals surface area contributed by atoms with E-state index in [1.54, 1.807) is 18.8 Å². The van der Waals surface area contributed by atoms with Gasteiger partial charge in [0.25, 0.3) is 0 Å². The lowest BCUT2D eigenvalue weighted by Crippen LogP contribution is -2.43. The van der Waals surface area contributed by atoms with Gasteiger partial charge in [0, 0.05) is 25.9 Å². The van der Waals surface area contributed by atoms with Gasteiger partial charge in [-0.15, -0.1) is 0 Å². The number of hydrogen-bond donors (Lipinski definition) is 3. The second-order valence-electron chi connectivity index (χ2n) is 3.20. The SMILES string of the molecule is CCCNC(=O)CNC(=NC)NCCSC. The molecule has 0 saturated carbocycles. The first-order valence-corrected chi connectivity index (χ1v) is 6.84. The highest BCUT2D eigenvalue weighted by molar-refractivity contribution is 7.98. The maximum Gasteiger partial charge on any atom is 0.239 e. The third-order valence-corrected chi connectivity index (χ3v) is 2.42. The molecule has 0 fully saturated rings. The molecule has 0 rings (SSSR count). The molecule has 0 aliphatic heterocycles. The van der Waals surface area contributed by atoms with E-state index < -0.39 is 0 Å². The lowest BCUT2D eigenvalue weighted by molar-refractivity contribution is -0.120. The van der Waals surface area contributed by atoms with E-state index >= 15 is 0 Å². The monoisotopic (exact) mass is 246 g/mol. The van der Waals surface area contributed by atoms with Crippen LogP contribution in [0.15, 0.2) is 4.99 Å². The van der Waals surface area contributed by atoms with E-state index in [4.69, 9.17) is 0 Å². The minimum atomic E-state index is -0.00494. The van der Waals surface area contributed by atoms with Crippen LogP contribution in [0.3, 0.4) is 0 Å². The third-order valence-electron chi connectivity index (χ3n) is 1.81. The maximum atomic E-state index is 11.3. The van der Waals surface area contributed by atoms with Gasteiger partial charge in [-0.3, -0.25) is 9.79 Å². The molecule has 94 valence electrons. The van der Waals surface area contributed by atoms with Crippen LogP contribution >= 0.6 is 11.8 Å². The molecule has 5 nitrogen and oxygen atoms in total. The summed E-state index contributed by atoms with van der Waals surface area (Å²) in [5, 5.41) is 8.87. The summed E-state index contributed by atoms with van der Waals surface area (Å²) in [7, 11) is 1.69. The van der Waals surface area contributed by atoms with Crippen molar-refractivity contribution in [3.05, 3.63) is 0 Å². The van der Waals surface area contributed by atoms with E-state index in [0.29, 0.717) is 5.96 Å². The molecule has 0 heterocycles. The summed E-state index contributed by atoms with van der Waals surface area (Å²) >= 11 is 1.77. The zero-order chi connectivity index (χ0) is 12.2. The van der Waals surface area contributed by atoms with E-state index in [0.717, 1.165) is 25.3 Å². The summed E-state index contributed by atoms with van der Waals surface area (Å²) in [6.07, 6.45) is 3.00. The summed E-state index contributed by atoms with van der Waals surface area (Å²) in [6, 6.07) is 0. The Labute approximate surface area is 102 Å². The van der Waals surface area contributed by atoms with Gasteiger partial charge >= 0.3 is 0 Å². The van der Waals surface area contributed by atoms with Crippen LogP contribution in [-0.4, -0.2) is 50.6 Å². The minimum absolute atomic E-state index is 0.00494. The van der Waals surface area contributed by atoms with Crippen LogP contribution < -0.4 is 16.0 Å². The lowest BCUT2D eigenvalue weighted by Gasteiger charge is -2.11. The average Bonchev–Trinajstić information content (AvgIpc) is 2.31. The van der Waals surface area contributed by atoms with Gasteiger partial charge in [0.05, 0.1) is 6.54 Å². The van der Waals surface area contributed by atoms with E-state index in [1.807, 2.05) is 6.92 Å². The van der Waals surface area contributed by atoms with Crippen LogP contribution in [0.1, 0.15) is 13.3 Å². The van der Waals surface area contributed by atoms with Gasteiger partial charge in [-0.25, -0.2) is 0 Å². The zero-order valence-corrected chi connectivity index (χ0v) is 11.1. The van der Waals surface area contributed by atoms with Crippen molar-refractivity contribution >= 4 is 23.6 Å². The maximum absolute atomic E-state index is 11.3. The van der Waals surface area contributed by atoms with Crippen LogP contribution in [0.5, 0.6) is 0 Å². The van der Waals surface area contributed by atoms with Gasteiger partial charge in [-0.1, -0.05) is 6.92 Å². The quantitative estimate of drug-likeness (QED) is 0.337. The van der Waals surface area contributed by atoms with Gasteiger partial charge < -0.3 is 16.0 Å². The Hall–Kier alpha value is -0.910. The van der Waals surface area contributed by atoms with E-state index in [-0.39, 0.29) is 12.5 Å². The topological polar surface area (TPSA) is 65.5 Å². The normalized spacial score (nSPS) is 11.1. The first kappa shape index (κ1) is 15.1. The van der Waals surface area contributed by atoms with Crippen molar-refractivity contribution < 1.29 is 4.79 Å². The van der Waals surface area contributed by atoms with Crippen LogP contribution in [0.4, 0.5) is 0 Å². The number of carbonyl (C=O) groups is 1. The van der Waals surface area contributed by atoms with E-state index in [1.165, 1.54) is 0 Å². The number of rotatable bonds is 7. The smallest absolute Gasteiger partial charge is 0.239 e. The average molecular weight is 246 g/mol. The second kappa shape index (κ2) is 10.6. The third kappa shape index (κ3) is 8.40. The van der Waals surface area contributed by atoms with Crippen molar-refractivity contribution in [2.24, 2.45) is 4.99 Å². The first-order valence-electron chi connectivity index (χ1n) is 5.44. The molecular weight excluding hydrogens is 224 g/mol. The summed E-state index contributed by atoms with van der Waals surface area (Å²) in [5.41, 5.74) is 0. The Bertz CT molecular complexity index is 221. The molecule has 1 amide bonds. The number of hydrogen-bond acceptors (Lipinski definition) is 3. The van der Waals surface area contributed by atoms with Crippen LogP contribution in [0, 0.1) is 0 Å². The molecule has 0 aromatic heterocycles. The number of guanidine groups is 1. The summed E-state index contributed by atoms with van der Waals surface area (Å²) in [4.78, 5) is 15.3. The largest absolute Gasteiger partial charge is 0.356 e. The van der Waals surface area contributed by atoms with Crippen molar-refractivity contribution in [2.75, 3.05) is 38.7 Å². The molecule has 0 unspecified atom stereocenters. The van der Waals surface area contributed by atoms with Crippen LogP contribution in [-0.2, 0) is 4.79 Å². The molecule has 0 aliphatic rings. The molecule has 0 spiro atoms. The Balaban J connectivity index is 3.66. The van der Waals surface area contributed by atoms with Gasteiger partial charge in [-0.05, 0) is 12.7 Å². The number of amides is 1. The zero-order valence-electron chi connectivity index (χ0n) is 10.3. The lowest BCUT2D eigenvalue weighted by atomic mass is 10.4. The second-order valence-corrected chi connectivity index (χ2v) is 4.18. The Morgan fingerprint density at radius 1 is 1.25 bits per heavy atom. The molecule has 16 heavy (non-hydrogen) atoms. The molecular formula is C10H22N4OS. The Morgan fingerprint density at radius 3 is 2.56 bits per heavy atom. The summed E-state index contributed by atoms with van der Waals surface area (Å²) in [5.74, 6) is 1.68. The fourth-order valence-electron chi connectivity index (χ4n) is 0.983. The highest BCUT2D eigenvalue weighted by atomic mass is 32.2. The molecule has 0 bridgehead atoms. The molecule has 3 N–H and O–H groups in total. The molecule has 6 heteroatoms. The van der Waals surface area contributed by atoms with Crippen molar-refractivity contribution in [2.45, 2.75) is 13.3 Å². The Kier molecular flexibility index (Phi) is 10.00. The number of thioether (sulfide) groups is 1. The standard InChI is InChI=1S/C10H22N4OS/c1-4-5-12-9(15)8-14-10(11-2)13-6-7-16-3/h4-8H2,1-3H3,(H,12,15)(H2,11,13,14). The number of aliphatic imine (C=N–C) groups is 1. The predicted octanol–water partition coefficient (Wildman–Crippen LogP) is 0.0406. The molecule has 0 radical (unpaired) electrons. The summed E-state index contributed by atoms with van der Waals surface area (Å²) in [6.45, 7) is 3.85. The fourth-order valence-corrected chi connectivity index (χ4v) is 1.29. The highest BCUT2D eigenvalue weighted by Gasteiger charge is 2.01. The van der Waals surface area contributed by atoms with E-state index in [2.05, 4.69) is 27.2 Å². The highest BCUT2D eigenvalue weighted by Crippen LogP contribution is 1.86. The number of nitrogens with zero attached hydrogens (tertiary/aromatic N) is 1. The predicted molar refractivity (Wildman–Crippen MR) is 71.0 cm³/mol. The Morgan fingerprint density at radius 2 is 2.00 bits per heavy atom. The minimum Gasteiger partial charge on any atom is -0.356 e. The molecule has 0 aromatic rings. The first-order chi connectivity index (χ1) is 7.74. The van der Waals surface area contributed by atoms with Crippen molar-refractivity contribution in [3.8, 4) is 0 Å². The van der Waals surface area contributed by atoms with Crippen molar-refractivity contribution in [1.29, 1.82) is 0 Å². The van der Waals surface area contributed by atoms with Gasteiger partial charge in [0.2, 0.25) is 5.91 Å². The van der Waals surface area contributed by atoms with Gasteiger partial charge in [0.1, 0.15) is 0 Å². The number of carbonyl (C=O) groups excluding carboxylic acids is 1. The fraction of sp³-hybridized carbons (Fsp3) is 0.800. The number of nitrogens with one attached hydrogen (secondary N) is 3. The molecule has 0 aliphatic carbocycles. The van der Waals surface area contributed by atoms with Crippen LogP contribution in [0.2, 0.25) is 0 Å².